The molecule has 0 aliphatic rings. The largest absolute Gasteiger partial charge is 0.261 e. The number of aromatic nitrogens is 1. The van der Waals surface area contributed by atoms with E-state index in [1.165, 1.54) is 24.8 Å². The molecular formula is C10H15N. The number of hydrogen-bond acceptors (Lipinski definition) is 1. The van der Waals surface area contributed by atoms with E-state index >= 15 is 0 Å². The van der Waals surface area contributed by atoms with Crippen LogP contribution in [0.15, 0.2) is 18.3 Å². The van der Waals surface area contributed by atoms with E-state index in [-0.39, 0.29) is 0 Å². The van der Waals surface area contributed by atoms with Crippen LogP contribution in [0.3, 0.4) is 0 Å². The molecule has 1 heterocycles. The van der Waals surface area contributed by atoms with Crippen molar-refractivity contribution >= 4 is 0 Å². The molecule has 0 radical (unpaired) electrons. The summed E-state index contributed by atoms with van der Waals surface area (Å²) in [6.45, 7) is 4.23. The molecule has 0 unspecified atom stereocenters. The second-order valence-electron chi connectivity index (χ2n) is 2.91. The fourth-order valence-electron chi connectivity index (χ4n) is 1.03. The summed E-state index contributed by atoms with van der Waals surface area (Å²) in [5.74, 6) is 0. The van der Waals surface area contributed by atoms with Crippen LogP contribution in [0.2, 0.25) is 0 Å². The van der Waals surface area contributed by atoms with Crippen molar-refractivity contribution in [3.05, 3.63) is 29.6 Å². The normalized spacial score (nSPS) is 10.0. The Hall–Kier alpha value is -0.850. The third kappa shape index (κ3) is 2.71. The van der Waals surface area contributed by atoms with E-state index in [0.29, 0.717) is 0 Å². The monoisotopic (exact) mass is 149 g/mol. The van der Waals surface area contributed by atoms with E-state index in [4.69, 9.17) is 0 Å². The lowest BCUT2D eigenvalue weighted by Gasteiger charge is -1.98. The molecule has 1 aromatic heterocycles. The minimum atomic E-state index is 1.10. The molecule has 60 valence electrons. The van der Waals surface area contributed by atoms with Crippen molar-refractivity contribution in [2.75, 3.05) is 0 Å². The predicted molar refractivity (Wildman–Crippen MR) is 47.6 cm³/mol. The minimum absolute atomic E-state index is 1.10. The zero-order valence-electron chi connectivity index (χ0n) is 7.30. The summed E-state index contributed by atoms with van der Waals surface area (Å²) in [4.78, 5) is 4.23. The molecule has 0 aliphatic heterocycles. The first-order valence-corrected chi connectivity index (χ1v) is 4.24. The Kier molecular flexibility index (Phi) is 3.09. The highest BCUT2D eigenvalue weighted by Crippen LogP contribution is 2.03. The third-order valence-corrected chi connectivity index (χ3v) is 1.79. The number of aryl methyl sites for hydroxylation is 2. The molecule has 0 atom stereocenters. The van der Waals surface area contributed by atoms with Crippen LogP contribution in [0, 0.1) is 6.92 Å². The van der Waals surface area contributed by atoms with Gasteiger partial charge in [-0.05, 0) is 31.4 Å². The Morgan fingerprint density at radius 3 is 2.73 bits per heavy atom. The highest BCUT2D eigenvalue weighted by molar-refractivity contribution is 5.12. The minimum Gasteiger partial charge on any atom is -0.261 e. The number of nitrogens with zero attached hydrogens (tertiary/aromatic N) is 1. The number of hydrogen-bond donors (Lipinski definition) is 0. The average Bonchev–Trinajstić information content (AvgIpc) is 2.04. The van der Waals surface area contributed by atoms with E-state index < -0.39 is 0 Å². The van der Waals surface area contributed by atoms with Crippen molar-refractivity contribution in [1.29, 1.82) is 0 Å². The summed E-state index contributed by atoms with van der Waals surface area (Å²) < 4.78 is 0. The molecule has 0 fully saturated rings. The fraction of sp³-hybridized carbons (Fsp3) is 0.500. The summed E-state index contributed by atoms with van der Waals surface area (Å²) in [6.07, 6.45) is 5.67. The molecule has 1 rings (SSSR count). The molecule has 1 nitrogen and oxygen atoms in total. The van der Waals surface area contributed by atoms with Gasteiger partial charge in [-0.15, -0.1) is 0 Å². The molecule has 0 saturated heterocycles. The van der Waals surface area contributed by atoms with Crippen LogP contribution >= 0.6 is 0 Å². The van der Waals surface area contributed by atoms with Gasteiger partial charge in [0, 0.05) is 11.9 Å². The maximum atomic E-state index is 4.23. The van der Waals surface area contributed by atoms with Crippen LogP contribution in [0.5, 0.6) is 0 Å². The van der Waals surface area contributed by atoms with Crippen molar-refractivity contribution in [3.8, 4) is 0 Å². The first-order chi connectivity index (χ1) is 5.33. The van der Waals surface area contributed by atoms with Gasteiger partial charge in [0.2, 0.25) is 0 Å². The van der Waals surface area contributed by atoms with Gasteiger partial charge in [-0.3, -0.25) is 4.98 Å². The van der Waals surface area contributed by atoms with E-state index in [9.17, 15) is 0 Å². The third-order valence-electron chi connectivity index (χ3n) is 1.79. The molecule has 11 heavy (non-hydrogen) atoms. The van der Waals surface area contributed by atoms with Crippen molar-refractivity contribution in [2.24, 2.45) is 0 Å². The van der Waals surface area contributed by atoms with E-state index in [1.807, 2.05) is 13.1 Å². The van der Waals surface area contributed by atoms with Crippen molar-refractivity contribution in [1.82, 2.24) is 4.98 Å². The van der Waals surface area contributed by atoms with Gasteiger partial charge >= 0.3 is 0 Å². The smallest absolute Gasteiger partial charge is 0.0372 e. The molecule has 0 bridgehead atoms. The van der Waals surface area contributed by atoms with Gasteiger partial charge < -0.3 is 0 Å². The molecule has 0 aromatic carbocycles. The zero-order chi connectivity index (χ0) is 8.10. The van der Waals surface area contributed by atoms with Gasteiger partial charge in [0.1, 0.15) is 0 Å². The summed E-state index contributed by atoms with van der Waals surface area (Å²) in [5.41, 5.74) is 2.46. The second-order valence-corrected chi connectivity index (χ2v) is 2.91. The highest BCUT2D eigenvalue weighted by atomic mass is 14.6. The lowest BCUT2D eigenvalue weighted by molar-refractivity contribution is 0.791. The maximum absolute atomic E-state index is 4.23. The van der Waals surface area contributed by atoms with Crippen LogP contribution in [0.4, 0.5) is 0 Å². The molecule has 1 heteroatoms. The van der Waals surface area contributed by atoms with Gasteiger partial charge in [0.25, 0.3) is 0 Å². The molecule has 0 N–H and O–H groups in total. The van der Waals surface area contributed by atoms with Crippen LogP contribution in [0.1, 0.15) is 31.0 Å². The Balaban J connectivity index is 2.52. The highest BCUT2D eigenvalue weighted by Gasteiger charge is 1.91. The predicted octanol–water partition coefficient (Wildman–Crippen LogP) is 2.73. The standard InChI is InChI=1S/C10H15N/c1-3-4-5-10-7-6-9(2)11-8-10/h6-8H,3-5H2,1-2H3. The summed E-state index contributed by atoms with van der Waals surface area (Å²) in [7, 11) is 0. The van der Waals surface area contributed by atoms with E-state index in [1.54, 1.807) is 0 Å². The Morgan fingerprint density at radius 2 is 2.18 bits per heavy atom. The van der Waals surface area contributed by atoms with Gasteiger partial charge in [-0.2, -0.15) is 0 Å². The van der Waals surface area contributed by atoms with Crippen molar-refractivity contribution in [3.63, 3.8) is 0 Å². The summed E-state index contributed by atoms with van der Waals surface area (Å²) >= 11 is 0. The van der Waals surface area contributed by atoms with Gasteiger partial charge in [0.05, 0.1) is 0 Å². The van der Waals surface area contributed by atoms with Crippen molar-refractivity contribution in [2.45, 2.75) is 33.1 Å². The Morgan fingerprint density at radius 1 is 1.36 bits per heavy atom. The quantitative estimate of drug-likeness (QED) is 0.644. The van der Waals surface area contributed by atoms with Gasteiger partial charge in [-0.25, -0.2) is 0 Å². The molecule has 0 saturated carbocycles. The first-order valence-electron chi connectivity index (χ1n) is 4.24. The fourth-order valence-corrected chi connectivity index (χ4v) is 1.03. The van der Waals surface area contributed by atoms with Crippen LogP contribution in [-0.2, 0) is 6.42 Å². The SMILES string of the molecule is CCCCc1ccc(C)nc1. The topological polar surface area (TPSA) is 12.9 Å². The lowest BCUT2D eigenvalue weighted by Crippen LogP contribution is -1.87. The maximum Gasteiger partial charge on any atom is 0.0372 e. The molecular weight excluding hydrogens is 134 g/mol. The average molecular weight is 149 g/mol. The van der Waals surface area contributed by atoms with E-state index in [0.717, 1.165) is 5.69 Å². The lowest BCUT2D eigenvalue weighted by atomic mass is 10.1. The van der Waals surface area contributed by atoms with Crippen LogP contribution in [-0.4, -0.2) is 4.98 Å². The molecule has 0 spiro atoms. The molecule has 0 aliphatic carbocycles. The van der Waals surface area contributed by atoms with Gasteiger partial charge in [0.15, 0.2) is 0 Å². The van der Waals surface area contributed by atoms with Crippen LogP contribution in [0.25, 0.3) is 0 Å². The molecule has 0 amide bonds. The van der Waals surface area contributed by atoms with E-state index in [2.05, 4.69) is 24.0 Å². The van der Waals surface area contributed by atoms with Crippen molar-refractivity contribution < 1.29 is 0 Å². The molecule has 1 aromatic rings. The van der Waals surface area contributed by atoms with Crippen LogP contribution < -0.4 is 0 Å². The second kappa shape index (κ2) is 4.12. The summed E-state index contributed by atoms with van der Waals surface area (Å²) in [5, 5.41) is 0. The number of pyridine rings is 1. The Bertz CT molecular complexity index is 201. The zero-order valence-corrected chi connectivity index (χ0v) is 7.30. The van der Waals surface area contributed by atoms with Gasteiger partial charge in [-0.1, -0.05) is 19.4 Å². The first kappa shape index (κ1) is 8.25. The summed E-state index contributed by atoms with van der Waals surface area (Å²) in [6, 6.07) is 4.24. The Labute approximate surface area is 68.5 Å². The number of unbranched alkanes of at least 4 members (excludes halogenated alkanes) is 1. The number of rotatable bonds is 3.